The van der Waals surface area contributed by atoms with Crippen LogP contribution in [-0.2, 0) is 28.7 Å². The van der Waals surface area contributed by atoms with Gasteiger partial charge in [-0.15, -0.1) is 11.8 Å². The molecule has 3 aliphatic heterocycles. The highest BCUT2D eigenvalue weighted by Gasteiger charge is 2.54. The van der Waals surface area contributed by atoms with E-state index < -0.39 is 29.3 Å². The zero-order valence-electron chi connectivity index (χ0n) is 24.6. The number of unbranched alkanes of at least 4 members (excludes halogenated alkanes) is 4. The normalized spacial score (nSPS) is 22.6. The summed E-state index contributed by atoms with van der Waals surface area (Å²) in [6.07, 6.45) is 5.47. The van der Waals surface area contributed by atoms with Crippen LogP contribution in [-0.4, -0.2) is 63.4 Å². The molecule has 0 aliphatic carbocycles. The number of aliphatic carboxylic acids is 1. The number of hydrogen-bond acceptors (Lipinski definition) is 7. The number of anilines is 1. The van der Waals surface area contributed by atoms with Crippen molar-refractivity contribution in [3.63, 3.8) is 0 Å². The molecule has 10 nitrogen and oxygen atoms in total. The van der Waals surface area contributed by atoms with Gasteiger partial charge in [0, 0.05) is 30.4 Å². The zero-order chi connectivity index (χ0) is 31.2. The summed E-state index contributed by atoms with van der Waals surface area (Å²) < 4.78 is 4.95. The first-order valence-corrected chi connectivity index (χ1v) is 16.1. The van der Waals surface area contributed by atoms with Crippen LogP contribution in [0.5, 0.6) is 0 Å². The summed E-state index contributed by atoms with van der Waals surface area (Å²) >= 11 is 1.34. The Balaban J connectivity index is 1.02. The maximum atomic E-state index is 13.1. The van der Waals surface area contributed by atoms with Crippen molar-refractivity contribution in [2.24, 2.45) is 5.92 Å². The summed E-state index contributed by atoms with van der Waals surface area (Å²) in [7, 11) is 0. The molecule has 3 heterocycles. The fraction of sp³-hybridized carbons (Fsp3) is 0.424. The van der Waals surface area contributed by atoms with Gasteiger partial charge in [0.25, 0.3) is 5.91 Å². The Hall–Kier alpha value is -4.12. The number of carbonyl (C=O) groups is 5. The van der Waals surface area contributed by atoms with E-state index in [4.69, 9.17) is 4.74 Å². The topological polar surface area (TPSA) is 133 Å². The molecule has 0 spiro atoms. The van der Waals surface area contributed by atoms with E-state index in [0.717, 1.165) is 43.4 Å². The molecule has 2 fully saturated rings. The lowest BCUT2D eigenvalue weighted by Gasteiger charge is -2.49. The molecule has 3 aliphatic rings. The molecule has 0 aromatic heterocycles. The minimum Gasteiger partial charge on any atom is -0.477 e. The quantitative estimate of drug-likeness (QED) is 0.180. The first kappa shape index (κ1) is 31.3. The number of hydrogen-bond donors (Lipinski definition) is 2. The third-order valence-electron chi connectivity index (χ3n) is 8.32. The number of rotatable bonds is 14. The molecule has 0 bridgehead atoms. The Morgan fingerprint density at radius 3 is 2.25 bits per heavy atom. The van der Waals surface area contributed by atoms with Crippen molar-refractivity contribution >= 4 is 47.1 Å². The predicted molar refractivity (Wildman–Crippen MR) is 165 cm³/mol. The molecule has 232 valence electrons. The van der Waals surface area contributed by atoms with Gasteiger partial charge in [0.15, 0.2) is 0 Å². The third-order valence-corrected chi connectivity index (χ3v) is 9.66. The number of esters is 1. The molecule has 2 saturated heterocycles. The molecule has 5 rings (SSSR count). The molecule has 11 heteroatoms. The van der Waals surface area contributed by atoms with Crippen LogP contribution in [0.4, 0.5) is 5.69 Å². The molecule has 44 heavy (non-hydrogen) atoms. The number of nitrogens with one attached hydrogen (secondary N) is 1. The standard InChI is InChI=1S/C33H37N3O7S/c1-21(37)43-19-23-20-44-32-27(31(40)36(32)29(23)33(41)42)34-26(38)18-12-4-2-3-11-17-25-28(22-13-7-5-8-14-22)35(30(25)39)24-15-9-6-10-16-24/h5-10,13-16,25,27-28,32H,2-4,11-12,17-20H2,1H3,(H,34,38)(H,41,42)/t25?,27-,28?,32-/m1/s1. The Bertz CT molecular complexity index is 1430. The molecule has 0 saturated carbocycles. The number of benzene rings is 2. The van der Waals surface area contributed by atoms with Gasteiger partial charge < -0.3 is 20.1 Å². The fourth-order valence-electron chi connectivity index (χ4n) is 6.15. The Morgan fingerprint density at radius 2 is 1.57 bits per heavy atom. The first-order valence-electron chi connectivity index (χ1n) is 15.0. The predicted octanol–water partition coefficient (Wildman–Crippen LogP) is 4.42. The monoisotopic (exact) mass is 619 g/mol. The van der Waals surface area contributed by atoms with E-state index in [9.17, 15) is 29.1 Å². The molecular formula is C33H37N3O7S. The van der Waals surface area contributed by atoms with Gasteiger partial charge >= 0.3 is 11.9 Å². The first-order chi connectivity index (χ1) is 21.3. The fourth-order valence-corrected chi connectivity index (χ4v) is 7.47. The van der Waals surface area contributed by atoms with Crippen LogP contribution in [0.1, 0.15) is 63.5 Å². The number of carboxylic acids is 1. The van der Waals surface area contributed by atoms with Crippen molar-refractivity contribution in [3.05, 3.63) is 77.5 Å². The van der Waals surface area contributed by atoms with Gasteiger partial charge in [0.05, 0.1) is 12.0 Å². The van der Waals surface area contributed by atoms with Gasteiger partial charge in [0.1, 0.15) is 23.7 Å². The molecule has 2 aromatic rings. The average Bonchev–Trinajstić information content (AvgIpc) is 3.02. The lowest BCUT2D eigenvalue weighted by atomic mass is 9.78. The number of nitrogens with zero attached hydrogens (tertiary/aromatic N) is 2. The maximum absolute atomic E-state index is 13.1. The van der Waals surface area contributed by atoms with Crippen molar-refractivity contribution in [1.82, 2.24) is 10.2 Å². The minimum atomic E-state index is -1.26. The summed E-state index contributed by atoms with van der Waals surface area (Å²) in [4.78, 5) is 64.6. The van der Waals surface area contributed by atoms with Gasteiger partial charge in [-0.05, 0) is 30.5 Å². The van der Waals surface area contributed by atoms with Gasteiger partial charge in [-0.2, -0.15) is 0 Å². The number of ether oxygens (including phenoxy) is 1. The lowest BCUT2D eigenvalue weighted by molar-refractivity contribution is -0.151. The second-order valence-corrected chi connectivity index (χ2v) is 12.4. The van der Waals surface area contributed by atoms with E-state index in [1.54, 1.807) is 0 Å². The van der Waals surface area contributed by atoms with E-state index in [1.165, 1.54) is 23.6 Å². The Morgan fingerprint density at radius 1 is 0.909 bits per heavy atom. The number of carbonyl (C=O) groups excluding carboxylic acids is 4. The van der Waals surface area contributed by atoms with Crippen molar-refractivity contribution in [2.45, 2.75) is 69.3 Å². The smallest absolute Gasteiger partial charge is 0.352 e. The van der Waals surface area contributed by atoms with Crippen LogP contribution >= 0.6 is 11.8 Å². The number of thioether (sulfide) groups is 1. The summed E-state index contributed by atoms with van der Waals surface area (Å²) in [6, 6.07) is 19.2. The van der Waals surface area contributed by atoms with Crippen molar-refractivity contribution in [3.8, 4) is 0 Å². The van der Waals surface area contributed by atoms with Crippen LogP contribution in [0.25, 0.3) is 0 Å². The van der Waals surface area contributed by atoms with E-state index in [1.807, 2.05) is 53.4 Å². The maximum Gasteiger partial charge on any atom is 0.352 e. The molecule has 2 N–H and O–H groups in total. The number of amides is 3. The minimum absolute atomic E-state index is 0.0322. The van der Waals surface area contributed by atoms with Crippen molar-refractivity contribution in [2.75, 3.05) is 17.3 Å². The average molecular weight is 620 g/mol. The van der Waals surface area contributed by atoms with Crippen LogP contribution in [0.15, 0.2) is 71.9 Å². The number of carboxylic acid groups (broad SMARTS) is 1. The number of β-lactam (4-membered cyclic amide) rings is 2. The van der Waals surface area contributed by atoms with Gasteiger partial charge in [-0.25, -0.2) is 4.79 Å². The van der Waals surface area contributed by atoms with Crippen molar-refractivity contribution < 1.29 is 33.8 Å². The van der Waals surface area contributed by atoms with Crippen molar-refractivity contribution in [1.29, 1.82) is 0 Å². The largest absolute Gasteiger partial charge is 0.477 e. The van der Waals surface area contributed by atoms with E-state index >= 15 is 0 Å². The Kier molecular flexibility index (Phi) is 10.0. The van der Waals surface area contributed by atoms with E-state index in [2.05, 4.69) is 17.4 Å². The second-order valence-electron chi connectivity index (χ2n) is 11.3. The molecule has 2 unspecified atom stereocenters. The highest BCUT2D eigenvalue weighted by Crippen LogP contribution is 2.45. The van der Waals surface area contributed by atoms with Crippen LogP contribution in [0.3, 0.4) is 0 Å². The van der Waals surface area contributed by atoms with Crippen LogP contribution < -0.4 is 10.2 Å². The highest BCUT2D eigenvalue weighted by atomic mass is 32.2. The van der Waals surface area contributed by atoms with Gasteiger partial charge in [-0.1, -0.05) is 74.2 Å². The van der Waals surface area contributed by atoms with E-state index in [-0.39, 0.29) is 42.5 Å². The van der Waals surface area contributed by atoms with E-state index in [0.29, 0.717) is 17.7 Å². The van der Waals surface area contributed by atoms with Gasteiger partial charge in [0.2, 0.25) is 11.8 Å². The molecular weight excluding hydrogens is 582 g/mol. The summed E-state index contributed by atoms with van der Waals surface area (Å²) in [5.41, 5.74) is 2.25. The van der Waals surface area contributed by atoms with Gasteiger partial charge in [-0.3, -0.25) is 24.1 Å². The summed E-state index contributed by atoms with van der Waals surface area (Å²) in [5, 5.41) is 11.9. The molecule has 0 radical (unpaired) electrons. The number of para-hydroxylation sites is 1. The second kappa shape index (κ2) is 14.1. The molecule has 3 amide bonds. The molecule has 2 aromatic carbocycles. The summed E-state index contributed by atoms with van der Waals surface area (Å²) in [6.45, 7) is 1.05. The van der Waals surface area contributed by atoms with Crippen LogP contribution in [0.2, 0.25) is 0 Å². The lowest BCUT2D eigenvalue weighted by Crippen LogP contribution is -2.70. The molecule has 4 atom stereocenters. The Labute approximate surface area is 260 Å². The zero-order valence-corrected chi connectivity index (χ0v) is 25.5. The third kappa shape index (κ3) is 6.67. The number of fused-ring (bicyclic) bond motifs is 1. The van der Waals surface area contributed by atoms with Crippen LogP contribution in [0, 0.1) is 5.92 Å². The SMILES string of the molecule is CC(=O)OCC1=C(C(=O)O)N2C(=O)[C@@H](NC(=O)CCCCCCCC3C(=O)N(c4ccccc4)C3c3ccccc3)[C@H]2SC1. The highest BCUT2D eigenvalue weighted by molar-refractivity contribution is 8.00. The summed E-state index contributed by atoms with van der Waals surface area (Å²) in [5.74, 6) is -2.10.